The maximum Gasteiger partial charge on any atom is 0.226 e. The first-order valence-corrected chi connectivity index (χ1v) is 8.45. The number of hydrogen-bond donors (Lipinski definition) is 1. The number of piperazine rings is 1. The highest BCUT2D eigenvalue weighted by atomic mass is 16.2. The molecule has 0 aromatic heterocycles. The standard InChI is InChI=1S/C17H32N2O/c1-13(2)10-15-11-19(17(3,4)12-18-15)16(20)14-8-6-5-7-9-14/h13-15,18H,5-12H2,1-4H3. The number of amides is 1. The minimum absolute atomic E-state index is 0.0397. The van der Waals surface area contributed by atoms with Crippen molar-refractivity contribution in [2.45, 2.75) is 77.8 Å². The van der Waals surface area contributed by atoms with E-state index in [1.54, 1.807) is 0 Å². The topological polar surface area (TPSA) is 32.3 Å². The van der Waals surface area contributed by atoms with Crippen LogP contribution in [0.5, 0.6) is 0 Å². The molecule has 1 saturated carbocycles. The van der Waals surface area contributed by atoms with Crippen molar-refractivity contribution in [2.75, 3.05) is 13.1 Å². The van der Waals surface area contributed by atoms with Crippen LogP contribution in [0.15, 0.2) is 0 Å². The Labute approximate surface area is 124 Å². The van der Waals surface area contributed by atoms with Crippen molar-refractivity contribution >= 4 is 5.91 Å². The van der Waals surface area contributed by atoms with Crippen LogP contribution < -0.4 is 5.32 Å². The summed E-state index contributed by atoms with van der Waals surface area (Å²) in [6.45, 7) is 10.7. The normalized spacial score (nSPS) is 27.9. The zero-order valence-electron chi connectivity index (χ0n) is 13.7. The Bertz CT molecular complexity index is 332. The predicted molar refractivity (Wildman–Crippen MR) is 83.6 cm³/mol. The van der Waals surface area contributed by atoms with Gasteiger partial charge in [0.15, 0.2) is 0 Å². The van der Waals surface area contributed by atoms with Gasteiger partial charge in [-0.05, 0) is 39.0 Å². The summed E-state index contributed by atoms with van der Waals surface area (Å²) in [6.07, 6.45) is 7.15. The van der Waals surface area contributed by atoms with E-state index >= 15 is 0 Å². The van der Waals surface area contributed by atoms with Crippen molar-refractivity contribution in [3.8, 4) is 0 Å². The monoisotopic (exact) mass is 280 g/mol. The minimum atomic E-state index is -0.0397. The van der Waals surface area contributed by atoms with Gasteiger partial charge in [-0.2, -0.15) is 0 Å². The molecule has 0 bridgehead atoms. The van der Waals surface area contributed by atoms with Crippen LogP contribution in [-0.4, -0.2) is 35.5 Å². The Morgan fingerprint density at radius 1 is 1.25 bits per heavy atom. The Hall–Kier alpha value is -0.570. The minimum Gasteiger partial charge on any atom is -0.335 e. The van der Waals surface area contributed by atoms with E-state index in [4.69, 9.17) is 0 Å². The van der Waals surface area contributed by atoms with Crippen LogP contribution in [0.2, 0.25) is 0 Å². The summed E-state index contributed by atoms with van der Waals surface area (Å²) in [7, 11) is 0. The van der Waals surface area contributed by atoms with Crippen molar-refractivity contribution < 1.29 is 4.79 Å². The van der Waals surface area contributed by atoms with Crippen LogP contribution in [0.4, 0.5) is 0 Å². The van der Waals surface area contributed by atoms with Gasteiger partial charge in [-0.25, -0.2) is 0 Å². The second-order valence-corrected chi connectivity index (χ2v) is 7.80. The lowest BCUT2D eigenvalue weighted by Gasteiger charge is -2.48. The molecular formula is C17H32N2O. The van der Waals surface area contributed by atoms with E-state index in [9.17, 15) is 4.79 Å². The van der Waals surface area contributed by atoms with Gasteiger partial charge in [-0.3, -0.25) is 4.79 Å². The fourth-order valence-electron chi connectivity index (χ4n) is 3.71. The van der Waals surface area contributed by atoms with E-state index in [1.807, 2.05) is 0 Å². The molecule has 20 heavy (non-hydrogen) atoms. The quantitative estimate of drug-likeness (QED) is 0.861. The molecule has 2 aliphatic rings. The number of rotatable bonds is 3. The summed E-state index contributed by atoms with van der Waals surface area (Å²) in [6, 6.07) is 0.468. The summed E-state index contributed by atoms with van der Waals surface area (Å²) < 4.78 is 0. The average molecular weight is 280 g/mol. The van der Waals surface area contributed by atoms with E-state index in [-0.39, 0.29) is 5.54 Å². The number of hydrogen-bond acceptors (Lipinski definition) is 2. The van der Waals surface area contributed by atoms with Crippen molar-refractivity contribution in [2.24, 2.45) is 11.8 Å². The molecule has 1 aliphatic heterocycles. The molecule has 0 aromatic carbocycles. The third-order valence-electron chi connectivity index (χ3n) is 4.93. The fourth-order valence-corrected chi connectivity index (χ4v) is 3.71. The molecule has 116 valence electrons. The molecule has 0 spiro atoms. The first-order valence-electron chi connectivity index (χ1n) is 8.45. The molecule has 1 unspecified atom stereocenters. The molecule has 1 aliphatic carbocycles. The van der Waals surface area contributed by atoms with Crippen LogP contribution in [0.1, 0.15) is 66.2 Å². The number of carbonyl (C=O) groups is 1. The van der Waals surface area contributed by atoms with Gasteiger partial charge in [0.25, 0.3) is 0 Å². The van der Waals surface area contributed by atoms with Crippen molar-refractivity contribution in [3.05, 3.63) is 0 Å². The zero-order valence-corrected chi connectivity index (χ0v) is 13.7. The average Bonchev–Trinajstić information content (AvgIpc) is 2.40. The highest BCUT2D eigenvalue weighted by molar-refractivity contribution is 5.80. The number of nitrogens with zero attached hydrogens (tertiary/aromatic N) is 1. The SMILES string of the molecule is CC(C)CC1CN(C(=O)C2CCCCC2)C(C)(C)CN1. The van der Waals surface area contributed by atoms with E-state index in [1.165, 1.54) is 19.3 Å². The smallest absolute Gasteiger partial charge is 0.226 e. The third kappa shape index (κ3) is 3.75. The zero-order chi connectivity index (χ0) is 14.8. The first-order chi connectivity index (χ1) is 9.40. The molecule has 2 rings (SSSR count). The summed E-state index contributed by atoms with van der Waals surface area (Å²) in [4.78, 5) is 15.1. The number of carbonyl (C=O) groups excluding carboxylic acids is 1. The van der Waals surface area contributed by atoms with Gasteiger partial charge in [0.2, 0.25) is 5.91 Å². The Morgan fingerprint density at radius 3 is 2.50 bits per heavy atom. The molecule has 1 heterocycles. The van der Waals surface area contributed by atoms with Gasteiger partial charge >= 0.3 is 0 Å². The molecule has 1 amide bonds. The highest BCUT2D eigenvalue weighted by Gasteiger charge is 2.39. The largest absolute Gasteiger partial charge is 0.335 e. The molecule has 3 heteroatoms. The van der Waals surface area contributed by atoms with Crippen molar-refractivity contribution in [1.29, 1.82) is 0 Å². The van der Waals surface area contributed by atoms with E-state index in [0.29, 0.717) is 23.8 Å². The molecule has 1 N–H and O–H groups in total. The molecule has 0 aromatic rings. The lowest BCUT2D eigenvalue weighted by Crippen LogP contribution is -2.64. The van der Waals surface area contributed by atoms with Gasteiger partial charge in [-0.15, -0.1) is 0 Å². The summed E-state index contributed by atoms with van der Waals surface area (Å²) >= 11 is 0. The molecule has 1 saturated heterocycles. The maximum absolute atomic E-state index is 12.9. The molecule has 0 radical (unpaired) electrons. The Balaban J connectivity index is 2.02. The van der Waals surface area contributed by atoms with Gasteiger partial charge in [0.1, 0.15) is 0 Å². The van der Waals surface area contributed by atoms with Gasteiger partial charge in [-0.1, -0.05) is 33.1 Å². The molecule has 2 fully saturated rings. The van der Waals surface area contributed by atoms with E-state index in [2.05, 4.69) is 37.9 Å². The van der Waals surface area contributed by atoms with Crippen molar-refractivity contribution in [1.82, 2.24) is 10.2 Å². The second kappa shape index (κ2) is 6.46. The lowest BCUT2D eigenvalue weighted by molar-refractivity contribution is -0.144. The van der Waals surface area contributed by atoms with Crippen molar-refractivity contribution in [3.63, 3.8) is 0 Å². The van der Waals surface area contributed by atoms with E-state index < -0.39 is 0 Å². The Morgan fingerprint density at radius 2 is 1.90 bits per heavy atom. The van der Waals surface area contributed by atoms with Crippen LogP contribution in [0.3, 0.4) is 0 Å². The second-order valence-electron chi connectivity index (χ2n) is 7.80. The van der Waals surface area contributed by atoms with Gasteiger partial charge < -0.3 is 10.2 Å². The van der Waals surface area contributed by atoms with Crippen LogP contribution >= 0.6 is 0 Å². The molecular weight excluding hydrogens is 248 g/mol. The van der Waals surface area contributed by atoms with Crippen LogP contribution in [0, 0.1) is 11.8 Å². The molecule has 3 nitrogen and oxygen atoms in total. The first kappa shape index (κ1) is 15.8. The van der Waals surface area contributed by atoms with Crippen LogP contribution in [-0.2, 0) is 4.79 Å². The summed E-state index contributed by atoms with van der Waals surface area (Å²) in [5.41, 5.74) is -0.0397. The molecule has 1 atom stereocenters. The highest BCUT2D eigenvalue weighted by Crippen LogP contribution is 2.30. The predicted octanol–water partition coefficient (Wildman–Crippen LogP) is 3.19. The van der Waals surface area contributed by atoms with Gasteiger partial charge in [0.05, 0.1) is 0 Å². The maximum atomic E-state index is 12.9. The summed E-state index contributed by atoms with van der Waals surface area (Å²) in [5.74, 6) is 1.39. The lowest BCUT2D eigenvalue weighted by atomic mass is 9.85. The Kier molecular flexibility index (Phi) is 5.11. The van der Waals surface area contributed by atoms with Gasteiger partial charge in [0, 0.05) is 30.6 Å². The fraction of sp³-hybridized carbons (Fsp3) is 0.941. The number of nitrogens with one attached hydrogen (secondary N) is 1. The van der Waals surface area contributed by atoms with Crippen LogP contribution in [0.25, 0.3) is 0 Å². The van der Waals surface area contributed by atoms with E-state index in [0.717, 1.165) is 32.4 Å². The summed E-state index contributed by atoms with van der Waals surface area (Å²) in [5, 5.41) is 3.63. The third-order valence-corrected chi connectivity index (χ3v) is 4.93.